The van der Waals surface area contributed by atoms with E-state index in [2.05, 4.69) is 10.2 Å². The summed E-state index contributed by atoms with van der Waals surface area (Å²) in [5, 5.41) is 8.30. The summed E-state index contributed by atoms with van der Waals surface area (Å²) in [7, 11) is 1.88. The average molecular weight is 264 g/mol. The van der Waals surface area contributed by atoms with Gasteiger partial charge in [0.25, 0.3) is 0 Å². The Morgan fingerprint density at radius 2 is 2.11 bits per heavy atom. The van der Waals surface area contributed by atoms with E-state index in [9.17, 15) is 4.79 Å². The minimum atomic E-state index is 0.0622. The zero-order valence-electron chi connectivity index (χ0n) is 10.5. The lowest BCUT2D eigenvalue weighted by Crippen LogP contribution is -2.07. The molecule has 2 heterocycles. The number of aldehydes is 1. The lowest BCUT2D eigenvalue weighted by molar-refractivity contribution is 0.111. The van der Waals surface area contributed by atoms with Crippen molar-refractivity contribution in [1.82, 2.24) is 14.8 Å². The van der Waals surface area contributed by atoms with Gasteiger partial charge in [0.15, 0.2) is 11.4 Å². The Bertz CT molecular complexity index is 575. The van der Waals surface area contributed by atoms with E-state index in [1.54, 1.807) is 6.07 Å². The molecule has 0 aliphatic rings. The van der Waals surface area contributed by atoms with Crippen LogP contribution in [-0.4, -0.2) is 21.1 Å². The molecule has 1 atom stereocenters. The summed E-state index contributed by atoms with van der Waals surface area (Å²) in [6, 6.07) is 5.57. The number of rotatable bonds is 3. The van der Waals surface area contributed by atoms with E-state index < -0.39 is 0 Å². The summed E-state index contributed by atoms with van der Waals surface area (Å²) in [4.78, 5) is 11.0. The van der Waals surface area contributed by atoms with Crippen molar-refractivity contribution in [2.24, 2.45) is 7.05 Å². The summed E-state index contributed by atoms with van der Waals surface area (Å²) in [6.45, 7) is 3.95. The van der Waals surface area contributed by atoms with Gasteiger partial charge in [-0.25, -0.2) is 0 Å². The van der Waals surface area contributed by atoms with Crippen LogP contribution < -0.4 is 0 Å². The quantitative estimate of drug-likeness (QED) is 0.800. The third-order valence-electron chi connectivity index (χ3n) is 3.17. The predicted octanol–water partition coefficient (Wildman–Crippen LogP) is 2.74. The van der Waals surface area contributed by atoms with Crippen LogP contribution in [0.1, 0.15) is 40.3 Å². The largest absolute Gasteiger partial charge is 0.345 e. The van der Waals surface area contributed by atoms with Crippen molar-refractivity contribution in [3.63, 3.8) is 0 Å². The van der Waals surface area contributed by atoms with Gasteiger partial charge in [-0.1, -0.05) is 18.5 Å². The van der Waals surface area contributed by atoms with E-state index in [1.807, 2.05) is 37.6 Å². The second kappa shape index (κ2) is 4.90. The highest BCUT2D eigenvalue weighted by Crippen LogP contribution is 2.25. The van der Waals surface area contributed by atoms with Crippen molar-refractivity contribution < 1.29 is 4.79 Å². The van der Waals surface area contributed by atoms with E-state index in [4.69, 9.17) is 11.6 Å². The zero-order valence-corrected chi connectivity index (χ0v) is 11.3. The van der Waals surface area contributed by atoms with Gasteiger partial charge in [0, 0.05) is 18.7 Å². The maximum Gasteiger partial charge on any atom is 0.166 e. The Morgan fingerprint density at radius 3 is 2.61 bits per heavy atom. The molecule has 0 aliphatic heterocycles. The molecule has 0 bridgehead atoms. The Kier molecular flexibility index (Phi) is 3.48. The molecule has 2 aromatic heterocycles. The summed E-state index contributed by atoms with van der Waals surface area (Å²) >= 11 is 5.72. The van der Waals surface area contributed by atoms with Gasteiger partial charge in [0.2, 0.25) is 0 Å². The molecule has 2 rings (SSSR count). The smallest absolute Gasteiger partial charge is 0.166 e. The Labute approximate surface area is 111 Å². The third kappa shape index (κ3) is 2.16. The van der Waals surface area contributed by atoms with E-state index in [0.29, 0.717) is 10.8 Å². The topological polar surface area (TPSA) is 47.8 Å². The number of aromatic nitrogens is 3. The maximum atomic E-state index is 11.0. The monoisotopic (exact) mass is 263 g/mol. The van der Waals surface area contributed by atoms with Gasteiger partial charge in [-0.05, 0) is 30.7 Å². The maximum absolute atomic E-state index is 11.0. The summed E-state index contributed by atoms with van der Waals surface area (Å²) < 4.78 is 1.89. The fourth-order valence-corrected chi connectivity index (χ4v) is 2.19. The first kappa shape index (κ1) is 12.8. The Morgan fingerprint density at radius 1 is 1.39 bits per heavy atom. The molecule has 0 amide bonds. The first-order valence-corrected chi connectivity index (χ1v) is 6.03. The van der Waals surface area contributed by atoms with E-state index in [0.717, 1.165) is 23.2 Å². The highest BCUT2D eigenvalue weighted by atomic mass is 35.5. The molecule has 18 heavy (non-hydrogen) atoms. The van der Waals surface area contributed by atoms with Gasteiger partial charge in [-0.2, -0.15) is 5.10 Å². The molecule has 0 saturated heterocycles. The van der Waals surface area contributed by atoms with Crippen LogP contribution in [0.15, 0.2) is 18.2 Å². The molecule has 0 fully saturated rings. The van der Waals surface area contributed by atoms with Gasteiger partial charge in [0.1, 0.15) is 0 Å². The lowest BCUT2D eigenvalue weighted by Gasteiger charge is -2.12. The van der Waals surface area contributed by atoms with Crippen LogP contribution in [0, 0.1) is 6.92 Å². The number of carbonyl (C=O) groups is 1. The van der Waals surface area contributed by atoms with Crippen LogP contribution >= 0.6 is 11.6 Å². The fourth-order valence-electron chi connectivity index (χ4n) is 2.09. The molecule has 0 radical (unpaired) electrons. The van der Waals surface area contributed by atoms with E-state index in [1.165, 1.54) is 0 Å². The molecule has 1 unspecified atom stereocenters. The summed E-state index contributed by atoms with van der Waals surface area (Å²) in [5.74, 6) is 0.0622. The van der Waals surface area contributed by atoms with Crippen molar-refractivity contribution in [2.45, 2.75) is 19.8 Å². The van der Waals surface area contributed by atoms with Crippen molar-refractivity contribution in [2.75, 3.05) is 0 Å². The van der Waals surface area contributed by atoms with Crippen LogP contribution in [0.3, 0.4) is 0 Å². The second-order valence-corrected chi connectivity index (χ2v) is 4.70. The number of nitrogens with zero attached hydrogens (tertiary/aromatic N) is 3. The molecule has 5 heteroatoms. The minimum Gasteiger partial charge on any atom is -0.345 e. The van der Waals surface area contributed by atoms with Crippen LogP contribution in [-0.2, 0) is 7.05 Å². The Balaban J connectivity index is 2.42. The first-order chi connectivity index (χ1) is 8.54. The number of hydrogen-bond acceptors (Lipinski definition) is 3. The van der Waals surface area contributed by atoms with Crippen LogP contribution in [0.4, 0.5) is 0 Å². The molecule has 2 aromatic rings. The van der Waals surface area contributed by atoms with Gasteiger partial charge < -0.3 is 4.57 Å². The molecule has 0 N–H and O–H groups in total. The first-order valence-electron chi connectivity index (χ1n) is 5.65. The van der Waals surface area contributed by atoms with E-state index >= 15 is 0 Å². The lowest BCUT2D eigenvalue weighted by atomic mass is 10.0. The number of carbonyl (C=O) groups excluding carboxylic acids is 1. The number of halogens is 1. The van der Waals surface area contributed by atoms with Gasteiger partial charge in [-0.15, -0.1) is 5.10 Å². The second-order valence-electron chi connectivity index (χ2n) is 4.32. The normalized spacial score (nSPS) is 12.4. The minimum absolute atomic E-state index is 0.0622. The molecular weight excluding hydrogens is 250 g/mol. The molecule has 4 nitrogen and oxygen atoms in total. The van der Waals surface area contributed by atoms with Crippen molar-refractivity contribution in [3.05, 3.63) is 46.0 Å². The number of aryl methyl sites for hydroxylation is 1. The Hall–Kier alpha value is -1.68. The summed E-state index contributed by atoms with van der Waals surface area (Å²) in [6.07, 6.45) is 0.874. The van der Waals surface area contributed by atoms with Gasteiger partial charge in [0.05, 0.1) is 11.4 Å². The molecule has 0 saturated carbocycles. The SMILES string of the molecule is Cc1cc(C(C)c2ccc(Cl)nn2)n(C)c1C=O. The highest BCUT2D eigenvalue weighted by molar-refractivity contribution is 6.29. The fraction of sp³-hybridized carbons (Fsp3) is 0.308. The summed E-state index contributed by atoms with van der Waals surface area (Å²) in [5.41, 5.74) is 3.53. The molecule has 94 valence electrons. The van der Waals surface area contributed by atoms with Crippen molar-refractivity contribution >= 4 is 17.9 Å². The molecule has 0 spiro atoms. The van der Waals surface area contributed by atoms with E-state index in [-0.39, 0.29) is 5.92 Å². The van der Waals surface area contributed by atoms with Crippen molar-refractivity contribution in [1.29, 1.82) is 0 Å². The van der Waals surface area contributed by atoms with Crippen LogP contribution in [0.2, 0.25) is 5.15 Å². The van der Waals surface area contributed by atoms with Crippen molar-refractivity contribution in [3.8, 4) is 0 Å². The molecule has 0 aromatic carbocycles. The van der Waals surface area contributed by atoms with Crippen LogP contribution in [0.5, 0.6) is 0 Å². The highest BCUT2D eigenvalue weighted by Gasteiger charge is 2.17. The molecule has 0 aliphatic carbocycles. The van der Waals surface area contributed by atoms with Gasteiger partial charge in [-0.3, -0.25) is 4.79 Å². The third-order valence-corrected chi connectivity index (χ3v) is 3.37. The standard InChI is InChI=1S/C13H14ClN3O/c1-8-6-11(17(3)12(8)7-18)9(2)10-4-5-13(14)16-15-10/h4-7,9H,1-3H3. The van der Waals surface area contributed by atoms with Gasteiger partial charge >= 0.3 is 0 Å². The molecular formula is C13H14ClN3O. The average Bonchev–Trinajstić information content (AvgIpc) is 2.64. The predicted molar refractivity (Wildman–Crippen MR) is 70.1 cm³/mol. The van der Waals surface area contributed by atoms with Crippen LogP contribution in [0.25, 0.3) is 0 Å². The zero-order chi connectivity index (χ0) is 13.3. The number of hydrogen-bond donors (Lipinski definition) is 0.